The molecule has 21 heavy (non-hydrogen) atoms. The molecular formula is C15H13N5O. The van der Waals surface area contributed by atoms with Crippen molar-refractivity contribution in [2.24, 2.45) is 5.73 Å². The largest absolute Gasteiger partial charge is 0.364 e. The van der Waals surface area contributed by atoms with Crippen LogP contribution in [-0.4, -0.2) is 20.5 Å². The van der Waals surface area contributed by atoms with Gasteiger partial charge in [-0.25, -0.2) is 9.50 Å². The maximum Gasteiger partial charge on any atom is 0.269 e. The Morgan fingerprint density at radius 3 is 2.48 bits per heavy atom. The minimum absolute atomic E-state index is 0.233. The SMILES string of the molecule is NC(=O)c1ccc2nc(N3Cc4ccccc4C3)cn2n1. The number of hydrogen-bond acceptors (Lipinski definition) is 4. The molecular weight excluding hydrogens is 266 g/mol. The topological polar surface area (TPSA) is 76.5 Å². The molecule has 1 aliphatic heterocycles. The summed E-state index contributed by atoms with van der Waals surface area (Å²) in [6, 6.07) is 11.7. The molecule has 1 aromatic carbocycles. The van der Waals surface area contributed by atoms with E-state index in [1.54, 1.807) is 16.6 Å². The minimum Gasteiger partial charge on any atom is -0.364 e. The highest BCUT2D eigenvalue weighted by Gasteiger charge is 2.21. The van der Waals surface area contributed by atoms with E-state index >= 15 is 0 Å². The zero-order valence-electron chi connectivity index (χ0n) is 11.2. The molecule has 0 atom stereocenters. The van der Waals surface area contributed by atoms with Gasteiger partial charge in [0.15, 0.2) is 5.65 Å². The van der Waals surface area contributed by atoms with Crippen molar-refractivity contribution < 1.29 is 4.79 Å². The number of benzene rings is 1. The second kappa shape index (κ2) is 4.31. The molecule has 3 heterocycles. The van der Waals surface area contributed by atoms with Gasteiger partial charge in [0.25, 0.3) is 5.91 Å². The van der Waals surface area contributed by atoms with Gasteiger partial charge in [0, 0.05) is 13.1 Å². The Hall–Kier alpha value is -2.89. The highest BCUT2D eigenvalue weighted by Crippen LogP contribution is 2.27. The summed E-state index contributed by atoms with van der Waals surface area (Å²) in [4.78, 5) is 17.9. The number of nitrogens with zero attached hydrogens (tertiary/aromatic N) is 4. The van der Waals surface area contributed by atoms with Gasteiger partial charge in [-0.1, -0.05) is 24.3 Å². The molecule has 1 amide bonds. The van der Waals surface area contributed by atoms with Crippen LogP contribution in [0.1, 0.15) is 21.6 Å². The van der Waals surface area contributed by atoms with Crippen molar-refractivity contribution in [1.82, 2.24) is 14.6 Å². The number of carbonyl (C=O) groups excluding carboxylic acids is 1. The second-order valence-corrected chi connectivity index (χ2v) is 5.11. The molecule has 104 valence electrons. The summed E-state index contributed by atoms with van der Waals surface area (Å²) in [5, 5.41) is 4.17. The van der Waals surface area contributed by atoms with Crippen molar-refractivity contribution in [2.45, 2.75) is 13.1 Å². The lowest BCUT2D eigenvalue weighted by Crippen LogP contribution is -2.15. The number of anilines is 1. The monoisotopic (exact) mass is 279 g/mol. The van der Waals surface area contributed by atoms with Crippen LogP contribution in [0.15, 0.2) is 42.6 Å². The fourth-order valence-corrected chi connectivity index (χ4v) is 2.65. The van der Waals surface area contributed by atoms with E-state index in [0.717, 1.165) is 18.9 Å². The number of hydrogen-bond donors (Lipinski definition) is 1. The van der Waals surface area contributed by atoms with Crippen LogP contribution < -0.4 is 10.6 Å². The van der Waals surface area contributed by atoms with Gasteiger partial charge in [-0.2, -0.15) is 5.10 Å². The Bertz CT molecular complexity index is 829. The van der Waals surface area contributed by atoms with Crippen LogP contribution in [-0.2, 0) is 13.1 Å². The lowest BCUT2D eigenvalue weighted by atomic mass is 10.1. The summed E-state index contributed by atoms with van der Waals surface area (Å²) < 4.78 is 1.60. The molecule has 0 unspecified atom stereocenters. The molecule has 0 saturated heterocycles. The van der Waals surface area contributed by atoms with E-state index in [-0.39, 0.29) is 5.69 Å². The first kappa shape index (κ1) is 11.9. The molecule has 0 saturated carbocycles. The van der Waals surface area contributed by atoms with Gasteiger partial charge in [-0.05, 0) is 23.3 Å². The average molecular weight is 279 g/mol. The molecule has 0 aliphatic carbocycles. The minimum atomic E-state index is -0.541. The van der Waals surface area contributed by atoms with Crippen molar-refractivity contribution in [2.75, 3.05) is 4.90 Å². The molecule has 6 heteroatoms. The van der Waals surface area contributed by atoms with Crippen molar-refractivity contribution in [3.63, 3.8) is 0 Å². The molecule has 4 rings (SSSR count). The van der Waals surface area contributed by atoms with Crippen LogP contribution in [0.25, 0.3) is 5.65 Å². The number of nitrogens with two attached hydrogens (primary N) is 1. The Morgan fingerprint density at radius 1 is 1.10 bits per heavy atom. The van der Waals surface area contributed by atoms with Gasteiger partial charge in [0.1, 0.15) is 11.5 Å². The first-order valence-electron chi connectivity index (χ1n) is 6.69. The van der Waals surface area contributed by atoms with Gasteiger partial charge in [-0.15, -0.1) is 0 Å². The fraction of sp³-hybridized carbons (Fsp3) is 0.133. The Balaban J connectivity index is 1.71. The smallest absolute Gasteiger partial charge is 0.269 e. The van der Waals surface area contributed by atoms with Crippen LogP contribution in [0, 0.1) is 0 Å². The van der Waals surface area contributed by atoms with Gasteiger partial charge < -0.3 is 10.6 Å². The van der Waals surface area contributed by atoms with Gasteiger partial charge >= 0.3 is 0 Å². The van der Waals surface area contributed by atoms with Crippen molar-refractivity contribution in [3.8, 4) is 0 Å². The summed E-state index contributed by atoms with van der Waals surface area (Å²) in [6.45, 7) is 1.67. The first-order valence-corrected chi connectivity index (χ1v) is 6.69. The molecule has 0 fully saturated rings. The second-order valence-electron chi connectivity index (χ2n) is 5.11. The lowest BCUT2D eigenvalue weighted by molar-refractivity contribution is 0.0994. The predicted molar refractivity (Wildman–Crippen MR) is 77.8 cm³/mol. The molecule has 2 aromatic heterocycles. The molecule has 0 bridgehead atoms. The maximum atomic E-state index is 11.2. The fourth-order valence-electron chi connectivity index (χ4n) is 2.65. The van der Waals surface area contributed by atoms with Crippen molar-refractivity contribution >= 4 is 17.4 Å². The number of fused-ring (bicyclic) bond motifs is 2. The van der Waals surface area contributed by atoms with Crippen LogP contribution in [0.3, 0.4) is 0 Å². The van der Waals surface area contributed by atoms with Gasteiger partial charge in [0.2, 0.25) is 0 Å². The molecule has 3 aromatic rings. The summed E-state index contributed by atoms with van der Waals surface area (Å²) in [5.74, 6) is 0.307. The maximum absolute atomic E-state index is 11.2. The molecule has 1 aliphatic rings. The van der Waals surface area contributed by atoms with Crippen LogP contribution in [0.4, 0.5) is 5.82 Å². The van der Waals surface area contributed by atoms with E-state index in [1.165, 1.54) is 11.1 Å². The van der Waals surface area contributed by atoms with Gasteiger partial charge in [-0.3, -0.25) is 4.79 Å². The van der Waals surface area contributed by atoms with Gasteiger partial charge in [0.05, 0.1) is 6.20 Å². The summed E-state index contributed by atoms with van der Waals surface area (Å²) in [7, 11) is 0. The van der Waals surface area contributed by atoms with E-state index in [4.69, 9.17) is 5.73 Å². The van der Waals surface area contributed by atoms with Crippen molar-refractivity contribution in [1.29, 1.82) is 0 Å². The summed E-state index contributed by atoms with van der Waals surface area (Å²) in [5.41, 5.74) is 8.82. The first-order chi connectivity index (χ1) is 10.2. The highest BCUT2D eigenvalue weighted by atomic mass is 16.1. The number of primary amides is 1. The standard InChI is InChI=1S/C15H13N5O/c16-15(21)12-5-6-13-17-14(9-20(13)18-12)19-7-10-3-1-2-4-11(10)8-19/h1-6,9H,7-8H2,(H2,16,21). The molecule has 0 radical (unpaired) electrons. The third kappa shape index (κ3) is 1.92. The molecule has 2 N–H and O–H groups in total. The van der Waals surface area contributed by atoms with Crippen LogP contribution >= 0.6 is 0 Å². The number of aromatic nitrogens is 3. The van der Waals surface area contributed by atoms with E-state index < -0.39 is 5.91 Å². The Morgan fingerprint density at radius 2 is 1.81 bits per heavy atom. The van der Waals surface area contributed by atoms with Crippen LogP contribution in [0.2, 0.25) is 0 Å². The number of rotatable bonds is 2. The zero-order valence-corrected chi connectivity index (χ0v) is 11.2. The number of imidazole rings is 1. The summed E-state index contributed by atoms with van der Waals surface area (Å²) in [6.07, 6.45) is 1.83. The third-order valence-corrected chi connectivity index (χ3v) is 3.72. The van der Waals surface area contributed by atoms with E-state index in [0.29, 0.717) is 5.65 Å². The highest BCUT2D eigenvalue weighted by molar-refractivity contribution is 5.90. The Labute approximate surface area is 120 Å². The molecule has 0 spiro atoms. The van der Waals surface area contributed by atoms with E-state index in [2.05, 4.69) is 27.1 Å². The number of carbonyl (C=O) groups is 1. The normalized spacial score (nSPS) is 13.6. The average Bonchev–Trinajstić information content (AvgIpc) is 3.09. The summed E-state index contributed by atoms with van der Waals surface area (Å²) >= 11 is 0. The van der Waals surface area contributed by atoms with E-state index in [9.17, 15) is 4.79 Å². The third-order valence-electron chi connectivity index (χ3n) is 3.72. The van der Waals surface area contributed by atoms with E-state index in [1.807, 2.05) is 18.3 Å². The zero-order chi connectivity index (χ0) is 14.4. The predicted octanol–water partition coefficient (Wildman–Crippen LogP) is 1.35. The quantitative estimate of drug-likeness (QED) is 0.768. The molecule has 6 nitrogen and oxygen atoms in total. The number of amides is 1. The Kier molecular flexibility index (Phi) is 2.44. The van der Waals surface area contributed by atoms with Crippen LogP contribution in [0.5, 0.6) is 0 Å². The van der Waals surface area contributed by atoms with Crippen molar-refractivity contribution in [3.05, 3.63) is 59.4 Å². The lowest BCUT2D eigenvalue weighted by Gasteiger charge is -2.12.